The van der Waals surface area contributed by atoms with Crippen molar-refractivity contribution in [2.75, 3.05) is 13.2 Å². The van der Waals surface area contributed by atoms with Crippen LogP contribution in [-0.2, 0) is 14.9 Å². The molecule has 0 radical (unpaired) electrons. The van der Waals surface area contributed by atoms with Crippen LogP contribution in [0.4, 0.5) is 0 Å². The number of rotatable bonds is 4. The zero-order valence-corrected chi connectivity index (χ0v) is 20.7. The minimum Gasteiger partial charge on any atom is -0.475 e. The van der Waals surface area contributed by atoms with Gasteiger partial charge >= 0.3 is 0 Å². The van der Waals surface area contributed by atoms with Gasteiger partial charge in [-0.15, -0.1) is 0 Å². The average molecular weight is 503 g/mol. The molecule has 0 amide bonds. The highest BCUT2D eigenvalue weighted by molar-refractivity contribution is 9.10. The molecule has 2 aliphatic heterocycles. The van der Waals surface area contributed by atoms with Crippen LogP contribution in [0.2, 0.25) is 0 Å². The number of nitrogens with zero attached hydrogens (tertiary/aromatic N) is 2. The van der Waals surface area contributed by atoms with E-state index in [0.717, 1.165) is 26.7 Å². The second-order valence-electron chi connectivity index (χ2n) is 9.48. The number of ether oxygens (including phenoxy) is 2. The molecule has 2 aliphatic rings. The fraction of sp³-hybridized carbons (Fsp3) is 0.286. The highest BCUT2D eigenvalue weighted by Gasteiger charge is 2.30. The van der Waals surface area contributed by atoms with Gasteiger partial charge in [-0.2, -0.15) is 0 Å². The van der Waals surface area contributed by atoms with Crippen LogP contribution < -0.4 is 0 Å². The normalized spacial score (nSPS) is 20.1. The molecule has 168 valence electrons. The second kappa shape index (κ2) is 8.79. The topological polar surface area (TPSA) is 43.2 Å². The lowest BCUT2D eigenvalue weighted by molar-refractivity contribution is 0.318. The Balaban J connectivity index is 1.56. The van der Waals surface area contributed by atoms with Crippen molar-refractivity contribution < 1.29 is 9.47 Å². The average Bonchev–Trinajstić information content (AvgIpc) is 3.50. The Morgan fingerprint density at radius 2 is 1.15 bits per heavy atom. The molecule has 0 bridgehead atoms. The largest absolute Gasteiger partial charge is 0.475 e. The monoisotopic (exact) mass is 502 g/mol. The van der Waals surface area contributed by atoms with Crippen molar-refractivity contribution >= 4 is 27.7 Å². The molecule has 5 rings (SSSR count). The number of hydrogen-bond donors (Lipinski definition) is 0. The van der Waals surface area contributed by atoms with Crippen molar-refractivity contribution in [1.29, 1.82) is 0 Å². The molecule has 0 fully saturated rings. The van der Waals surface area contributed by atoms with Crippen molar-refractivity contribution in [3.63, 3.8) is 0 Å². The van der Waals surface area contributed by atoms with Crippen molar-refractivity contribution in [2.45, 2.75) is 38.3 Å². The molecule has 2 atom stereocenters. The highest BCUT2D eigenvalue weighted by atomic mass is 79.9. The number of aliphatic imine (C=N–C) groups is 2. The molecule has 4 nitrogen and oxygen atoms in total. The summed E-state index contributed by atoms with van der Waals surface area (Å²) in [4.78, 5) is 9.85. The van der Waals surface area contributed by atoms with Gasteiger partial charge in [0.15, 0.2) is 0 Å². The number of halogens is 1. The Bertz CT molecular complexity index is 1130. The van der Waals surface area contributed by atoms with E-state index in [2.05, 4.69) is 73.1 Å². The van der Waals surface area contributed by atoms with Gasteiger partial charge in [0.05, 0.1) is 11.1 Å². The zero-order valence-electron chi connectivity index (χ0n) is 19.1. The highest BCUT2D eigenvalue weighted by Crippen LogP contribution is 2.36. The third-order valence-corrected chi connectivity index (χ3v) is 6.92. The molecule has 0 N–H and O–H groups in total. The zero-order chi connectivity index (χ0) is 23.0. The van der Waals surface area contributed by atoms with Crippen LogP contribution in [0.15, 0.2) is 87.3 Å². The first-order valence-electron chi connectivity index (χ1n) is 11.3. The summed E-state index contributed by atoms with van der Waals surface area (Å²) in [6, 6.07) is 24.9. The number of hydrogen-bond acceptors (Lipinski definition) is 4. The van der Waals surface area contributed by atoms with E-state index >= 15 is 0 Å². The summed E-state index contributed by atoms with van der Waals surface area (Å²) in [7, 11) is 0. The Labute approximate surface area is 203 Å². The standard InChI is InChI=1S/C28H27BrN2O2/c1-28(2,3)20-14-21(26-30-23(16-32-26)18-10-6-4-7-11-18)25(29)22(15-20)27-31-24(17-33-27)19-12-8-5-9-13-19/h4-15,23-24H,16-17H2,1-3H3/t23-,24-/m0/s1. The molecule has 5 heteroatoms. The van der Waals surface area contributed by atoms with E-state index in [4.69, 9.17) is 19.5 Å². The summed E-state index contributed by atoms with van der Waals surface area (Å²) in [5.41, 5.74) is 5.31. The lowest BCUT2D eigenvalue weighted by Crippen LogP contribution is -2.16. The maximum atomic E-state index is 6.10. The SMILES string of the molecule is CC(C)(C)c1cc(C2=N[C@H](c3ccccc3)CO2)c(Br)c(C2=N[C@H](c3ccccc3)CO2)c1. The van der Waals surface area contributed by atoms with E-state index in [1.165, 1.54) is 5.56 Å². The van der Waals surface area contributed by atoms with E-state index < -0.39 is 0 Å². The third-order valence-electron chi connectivity index (χ3n) is 6.07. The summed E-state index contributed by atoms with van der Waals surface area (Å²) >= 11 is 3.83. The maximum absolute atomic E-state index is 6.10. The predicted molar refractivity (Wildman–Crippen MR) is 136 cm³/mol. The second-order valence-corrected chi connectivity index (χ2v) is 10.3. The van der Waals surface area contributed by atoms with Crippen LogP contribution in [0.1, 0.15) is 60.7 Å². The summed E-state index contributed by atoms with van der Waals surface area (Å²) in [5.74, 6) is 1.31. The molecule has 0 aromatic heterocycles. The smallest absolute Gasteiger partial charge is 0.218 e. The van der Waals surface area contributed by atoms with E-state index in [0.29, 0.717) is 25.0 Å². The fourth-order valence-corrected chi connectivity index (χ4v) is 4.67. The molecule has 0 spiro atoms. The molecule has 0 saturated carbocycles. The van der Waals surface area contributed by atoms with E-state index in [1.807, 2.05) is 36.4 Å². The third kappa shape index (κ3) is 4.47. The van der Waals surface area contributed by atoms with Gasteiger partial charge < -0.3 is 9.47 Å². The molecule has 0 aliphatic carbocycles. The maximum Gasteiger partial charge on any atom is 0.218 e. The van der Waals surface area contributed by atoms with Crippen molar-refractivity contribution in [1.82, 2.24) is 0 Å². The number of benzene rings is 3. The predicted octanol–water partition coefficient (Wildman–Crippen LogP) is 6.78. The van der Waals surface area contributed by atoms with Crippen LogP contribution in [0, 0.1) is 0 Å². The fourth-order valence-electron chi connectivity index (χ4n) is 4.10. The van der Waals surface area contributed by atoms with Crippen LogP contribution >= 0.6 is 15.9 Å². The lowest BCUT2D eigenvalue weighted by Gasteiger charge is -2.22. The Morgan fingerprint density at radius 1 is 0.727 bits per heavy atom. The molecular weight excluding hydrogens is 476 g/mol. The molecule has 3 aromatic rings. The van der Waals surface area contributed by atoms with Gasteiger partial charge in [-0.05, 0) is 50.2 Å². The van der Waals surface area contributed by atoms with E-state index in [1.54, 1.807) is 0 Å². The van der Waals surface area contributed by atoms with Gasteiger partial charge in [-0.1, -0.05) is 81.4 Å². The van der Waals surface area contributed by atoms with Gasteiger partial charge in [0.1, 0.15) is 25.3 Å². The van der Waals surface area contributed by atoms with Crippen molar-refractivity contribution in [2.24, 2.45) is 9.98 Å². The molecule has 3 aromatic carbocycles. The Kier molecular flexibility index (Phi) is 5.83. The first kappa shape index (κ1) is 21.9. The minimum absolute atomic E-state index is 0.00243. The van der Waals surface area contributed by atoms with E-state index in [9.17, 15) is 0 Å². The van der Waals surface area contributed by atoms with Crippen LogP contribution in [0.3, 0.4) is 0 Å². The Hall–Kier alpha value is -2.92. The molecular formula is C28H27BrN2O2. The summed E-state index contributed by atoms with van der Waals surface area (Å²) in [5, 5.41) is 0. The minimum atomic E-state index is -0.0554. The summed E-state index contributed by atoms with van der Waals surface area (Å²) in [6.07, 6.45) is 0. The van der Waals surface area contributed by atoms with Crippen molar-refractivity contribution in [3.8, 4) is 0 Å². The first-order valence-corrected chi connectivity index (χ1v) is 12.1. The van der Waals surface area contributed by atoms with Crippen LogP contribution in [0.25, 0.3) is 0 Å². The summed E-state index contributed by atoms with van der Waals surface area (Å²) < 4.78 is 13.1. The van der Waals surface area contributed by atoms with Crippen molar-refractivity contribution in [3.05, 3.63) is 105 Å². The van der Waals surface area contributed by atoms with Crippen LogP contribution in [0.5, 0.6) is 0 Å². The van der Waals surface area contributed by atoms with Gasteiger partial charge in [-0.25, -0.2) is 9.98 Å². The molecule has 2 heterocycles. The van der Waals surface area contributed by atoms with Gasteiger partial charge in [-0.3, -0.25) is 0 Å². The molecule has 0 saturated heterocycles. The quantitative estimate of drug-likeness (QED) is 0.394. The van der Waals surface area contributed by atoms with Crippen LogP contribution in [-0.4, -0.2) is 25.0 Å². The van der Waals surface area contributed by atoms with Gasteiger partial charge in [0, 0.05) is 4.47 Å². The Morgan fingerprint density at radius 3 is 1.55 bits per heavy atom. The first-order chi connectivity index (χ1) is 15.9. The summed E-state index contributed by atoms with van der Waals surface area (Å²) in [6.45, 7) is 7.69. The van der Waals surface area contributed by atoms with Gasteiger partial charge in [0.25, 0.3) is 0 Å². The molecule has 0 unspecified atom stereocenters. The lowest BCUT2D eigenvalue weighted by atomic mass is 9.85. The van der Waals surface area contributed by atoms with Gasteiger partial charge in [0.2, 0.25) is 11.8 Å². The molecule has 33 heavy (non-hydrogen) atoms. The van der Waals surface area contributed by atoms with E-state index in [-0.39, 0.29) is 17.5 Å².